The van der Waals surface area contributed by atoms with E-state index in [4.69, 9.17) is 4.42 Å². The van der Waals surface area contributed by atoms with Gasteiger partial charge in [-0.3, -0.25) is 4.79 Å². The van der Waals surface area contributed by atoms with Gasteiger partial charge in [-0.25, -0.2) is 4.98 Å². The largest absolute Gasteiger partial charge is 0.420 e. The van der Waals surface area contributed by atoms with Crippen molar-refractivity contribution in [3.8, 4) is 11.5 Å². The van der Waals surface area contributed by atoms with Crippen LogP contribution in [0, 0.1) is 0 Å². The second-order valence-corrected chi connectivity index (χ2v) is 7.93. The Labute approximate surface area is 168 Å². The smallest absolute Gasteiger partial charge is 0.251 e. The molecule has 3 aromatic rings. The van der Waals surface area contributed by atoms with Crippen LogP contribution in [0.2, 0.25) is 0 Å². The maximum absolute atomic E-state index is 12.5. The second kappa shape index (κ2) is 8.10. The summed E-state index contributed by atoms with van der Waals surface area (Å²) in [4.78, 5) is 21.2. The number of carbonyl (C=O) groups excluding carboxylic acids is 1. The lowest BCUT2D eigenvalue weighted by Gasteiger charge is -2.36. The zero-order valence-corrected chi connectivity index (χ0v) is 16.9. The normalized spacial score (nSPS) is 14.7. The molecule has 1 saturated heterocycles. The first-order valence-corrected chi connectivity index (χ1v) is 10.4. The lowest BCUT2D eigenvalue weighted by Crippen LogP contribution is -2.49. The van der Waals surface area contributed by atoms with Crippen molar-refractivity contribution in [3.63, 3.8) is 0 Å². The first-order chi connectivity index (χ1) is 13.6. The molecule has 7 nitrogen and oxygen atoms in total. The van der Waals surface area contributed by atoms with Gasteiger partial charge in [0.1, 0.15) is 5.82 Å². The summed E-state index contributed by atoms with van der Waals surface area (Å²) in [7, 11) is 0. The molecule has 28 heavy (non-hydrogen) atoms. The quantitative estimate of drug-likeness (QED) is 0.658. The highest BCUT2D eigenvalue weighted by atomic mass is 32.1. The van der Waals surface area contributed by atoms with E-state index in [0.717, 1.165) is 30.0 Å². The van der Waals surface area contributed by atoms with Gasteiger partial charge in [-0.05, 0) is 34.5 Å². The Morgan fingerprint density at radius 2 is 2.04 bits per heavy atom. The molecular weight excluding hydrogens is 374 g/mol. The van der Waals surface area contributed by atoms with Crippen molar-refractivity contribution < 1.29 is 9.21 Å². The third kappa shape index (κ3) is 3.91. The van der Waals surface area contributed by atoms with Crippen molar-refractivity contribution in [3.05, 3.63) is 46.6 Å². The Bertz CT molecular complexity index is 930. The van der Waals surface area contributed by atoms with Crippen LogP contribution in [0.5, 0.6) is 0 Å². The Balaban J connectivity index is 1.45. The van der Waals surface area contributed by atoms with E-state index in [0.29, 0.717) is 31.3 Å². The molecular formula is C20H23N5O2S. The highest BCUT2D eigenvalue weighted by Crippen LogP contribution is 2.29. The van der Waals surface area contributed by atoms with Crippen LogP contribution < -0.4 is 4.90 Å². The van der Waals surface area contributed by atoms with Gasteiger partial charge in [0.2, 0.25) is 11.8 Å². The molecule has 0 unspecified atom stereocenters. The van der Waals surface area contributed by atoms with Crippen LogP contribution in [0.15, 0.2) is 39.6 Å². The zero-order chi connectivity index (χ0) is 19.5. The van der Waals surface area contributed by atoms with Gasteiger partial charge in [0, 0.05) is 38.3 Å². The number of rotatable bonds is 5. The second-order valence-electron chi connectivity index (χ2n) is 7.15. The van der Waals surface area contributed by atoms with Gasteiger partial charge in [0.05, 0.1) is 12.0 Å². The Morgan fingerprint density at radius 3 is 2.71 bits per heavy atom. The predicted octanol–water partition coefficient (Wildman–Crippen LogP) is 3.21. The number of hydrogen-bond acceptors (Lipinski definition) is 7. The number of hydrogen-bond donors (Lipinski definition) is 0. The fourth-order valence-corrected chi connectivity index (χ4v) is 3.91. The first-order valence-electron chi connectivity index (χ1n) is 9.44. The summed E-state index contributed by atoms with van der Waals surface area (Å²) < 4.78 is 5.83. The third-order valence-corrected chi connectivity index (χ3v) is 5.55. The molecule has 0 atom stereocenters. The molecule has 1 amide bonds. The molecule has 146 valence electrons. The maximum Gasteiger partial charge on any atom is 0.251 e. The Morgan fingerprint density at radius 1 is 1.21 bits per heavy atom. The molecule has 0 radical (unpaired) electrons. The van der Waals surface area contributed by atoms with Crippen molar-refractivity contribution in [2.75, 3.05) is 31.1 Å². The van der Waals surface area contributed by atoms with E-state index in [1.807, 2.05) is 47.7 Å². The van der Waals surface area contributed by atoms with Crippen LogP contribution in [0.1, 0.15) is 31.2 Å². The van der Waals surface area contributed by atoms with Crippen molar-refractivity contribution in [1.82, 2.24) is 20.1 Å². The lowest BCUT2D eigenvalue weighted by atomic mass is 10.2. The summed E-state index contributed by atoms with van der Waals surface area (Å²) in [5, 5.41) is 12.4. The molecule has 1 aliphatic rings. The number of amides is 1. The van der Waals surface area contributed by atoms with E-state index in [-0.39, 0.29) is 11.8 Å². The summed E-state index contributed by atoms with van der Waals surface area (Å²) in [5.41, 5.74) is 1.92. The molecule has 4 heterocycles. The molecule has 0 aliphatic carbocycles. The minimum Gasteiger partial charge on any atom is -0.420 e. The van der Waals surface area contributed by atoms with E-state index >= 15 is 0 Å². The number of aromatic nitrogens is 3. The Kier molecular flexibility index (Phi) is 5.38. The van der Waals surface area contributed by atoms with Crippen molar-refractivity contribution >= 4 is 23.1 Å². The predicted molar refractivity (Wildman–Crippen MR) is 108 cm³/mol. The summed E-state index contributed by atoms with van der Waals surface area (Å²) in [6.07, 6.45) is 2.24. The van der Waals surface area contributed by atoms with Gasteiger partial charge in [-0.15, -0.1) is 10.2 Å². The number of nitrogens with zero attached hydrogens (tertiary/aromatic N) is 5. The number of anilines is 1. The molecule has 0 N–H and O–H groups in total. The maximum atomic E-state index is 12.5. The van der Waals surface area contributed by atoms with Crippen LogP contribution in [0.3, 0.4) is 0 Å². The average molecular weight is 398 g/mol. The van der Waals surface area contributed by atoms with E-state index in [1.54, 1.807) is 17.5 Å². The minimum absolute atomic E-state index is 0.178. The molecule has 0 saturated carbocycles. The fourth-order valence-electron chi connectivity index (χ4n) is 3.24. The van der Waals surface area contributed by atoms with Crippen molar-refractivity contribution in [1.29, 1.82) is 0 Å². The molecule has 8 heteroatoms. The molecule has 3 aromatic heterocycles. The molecule has 0 aromatic carbocycles. The number of carbonyl (C=O) groups is 1. The Hall–Kier alpha value is -2.74. The minimum atomic E-state index is 0.178. The molecule has 0 spiro atoms. The highest BCUT2D eigenvalue weighted by molar-refractivity contribution is 7.08. The van der Waals surface area contributed by atoms with Gasteiger partial charge in [0.25, 0.3) is 5.89 Å². The lowest BCUT2D eigenvalue weighted by molar-refractivity contribution is -0.130. The van der Waals surface area contributed by atoms with E-state index in [2.05, 4.69) is 20.1 Å². The van der Waals surface area contributed by atoms with Crippen LogP contribution in [-0.4, -0.2) is 52.2 Å². The molecule has 1 aliphatic heterocycles. The van der Waals surface area contributed by atoms with E-state index in [9.17, 15) is 4.79 Å². The van der Waals surface area contributed by atoms with Crippen molar-refractivity contribution in [2.24, 2.45) is 0 Å². The number of pyridine rings is 1. The molecule has 0 bridgehead atoms. The average Bonchev–Trinajstić information content (AvgIpc) is 3.40. The standard InChI is InChI=1S/C20H23N5O2S/c1-14(2)19-22-23-20(27-19)16-4-3-6-21-18(16)25-9-7-24(8-10-25)17(26)12-15-5-11-28-13-15/h3-6,11,13-14H,7-10,12H2,1-2H3. The van der Waals surface area contributed by atoms with E-state index < -0.39 is 0 Å². The fraction of sp³-hybridized carbons (Fsp3) is 0.400. The first kappa shape index (κ1) is 18.6. The van der Waals surface area contributed by atoms with Gasteiger partial charge >= 0.3 is 0 Å². The summed E-state index contributed by atoms with van der Waals surface area (Å²) >= 11 is 1.62. The summed E-state index contributed by atoms with van der Waals surface area (Å²) in [6.45, 7) is 6.86. The van der Waals surface area contributed by atoms with Crippen LogP contribution in [0.4, 0.5) is 5.82 Å². The van der Waals surface area contributed by atoms with Crippen LogP contribution in [0.25, 0.3) is 11.5 Å². The molecule has 4 rings (SSSR count). The van der Waals surface area contributed by atoms with Gasteiger partial charge in [0.15, 0.2) is 0 Å². The topological polar surface area (TPSA) is 75.4 Å². The van der Waals surface area contributed by atoms with E-state index in [1.165, 1.54) is 0 Å². The SMILES string of the molecule is CC(C)c1nnc(-c2cccnc2N2CCN(C(=O)Cc3ccsc3)CC2)o1. The third-order valence-electron chi connectivity index (χ3n) is 4.82. The highest BCUT2D eigenvalue weighted by Gasteiger charge is 2.25. The van der Waals surface area contributed by atoms with Gasteiger partial charge in [-0.2, -0.15) is 11.3 Å². The van der Waals surface area contributed by atoms with Gasteiger partial charge < -0.3 is 14.2 Å². The summed E-state index contributed by atoms with van der Waals surface area (Å²) in [6, 6.07) is 5.83. The number of piperazine rings is 1. The van der Waals surface area contributed by atoms with Crippen LogP contribution >= 0.6 is 11.3 Å². The summed E-state index contributed by atoms with van der Waals surface area (Å²) in [5.74, 6) is 2.29. The molecule has 1 fully saturated rings. The van der Waals surface area contributed by atoms with Gasteiger partial charge in [-0.1, -0.05) is 13.8 Å². The van der Waals surface area contributed by atoms with Crippen molar-refractivity contribution in [2.45, 2.75) is 26.2 Å². The zero-order valence-electron chi connectivity index (χ0n) is 16.0. The van der Waals surface area contributed by atoms with Crippen LogP contribution in [-0.2, 0) is 11.2 Å². The number of thiophene rings is 1. The monoisotopic (exact) mass is 397 g/mol.